The van der Waals surface area contributed by atoms with Gasteiger partial charge in [-0.25, -0.2) is 0 Å². The first kappa shape index (κ1) is 32.4. The molecule has 14 atom stereocenters. The third-order valence-corrected chi connectivity index (χ3v) is 15.1. The zero-order chi connectivity index (χ0) is 31.4. The summed E-state index contributed by atoms with van der Waals surface area (Å²) < 4.78 is 18.6. The first-order valence-corrected chi connectivity index (χ1v) is 17.2. The van der Waals surface area contributed by atoms with Crippen LogP contribution in [0.25, 0.3) is 0 Å². The van der Waals surface area contributed by atoms with Crippen molar-refractivity contribution in [2.24, 2.45) is 50.7 Å². The van der Waals surface area contributed by atoms with E-state index in [2.05, 4.69) is 47.6 Å². The quantitative estimate of drug-likeness (QED) is 0.281. The van der Waals surface area contributed by atoms with Crippen molar-refractivity contribution < 1.29 is 34.6 Å². The smallest absolute Gasteiger partial charge is 0.160 e. The van der Waals surface area contributed by atoms with E-state index in [4.69, 9.17) is 14.2 Å². The lowest BCUT2D eigenvalue weighted by Gasteiger charge is -2.68. The highest BCUT2D eigenvalue weighted by Gasteiger charge is 2.85. The SMILES string of the molecule is CO[C@@H]1O[C@@H](C(O)C(C)(O)CO)C[C@H]1[C@@H]1CC[C@]23C[C@]12CC[C@@H]1[C@@]2(C)CC[C@H](OCC=C(C)C)C(C)(C)[C@@H]2C[C@@H](O)[C@]13C. The zero-order valence-corrected chi connectivity index (χ0v) is 28.1. The molecule has 43 heavy (non-hydrogen) atoms. The average molecular weight is 605 g/mol. The fourth-order valence-electron chi connectivity index (χ4n) is 12.9. The molecule has 1 heterocycles. The Morgan fingerprint density at radius 3 is 2.42 bits per heavy atom. The Labute approximate surface area is 259 Å². The minimum Gasteiger partial charge on any atom is -0.393 e. The summed E-state index contributed by atoms with van der Waals surface area (Å²) in [5.74, 6) is 1.43. The van der Waals surface area contributed by atoms with Gasteiger partial charge in [0.25, 0.3) is 0 Å². The Kier molecular flexibility index (Phi) is 7.90. The Bertz CT molecular complexity index is 1100. The molecule has 4 N–H and O–H groups in total. The maximum Gasteiger partial charge on any atom is 0.160 e. The van der Waals surface area contributed by atoms with Crippen molar-refractivity contribution in [2.45, 2.75) is 143 Å². The second-order valence-electron chi connectivity index (χ2n) is 17.3. The first-order valence-electron chi connectivity index (χ1n) is 17.2. The molecular formula is C36H60O7. The number of hydrogen-bond acceptors (Lipinski definition) is 7. The van der Waals surface area contributed by atoms with Gasteiger partial charge in [0, 0.05) is 18.4 Å². The van der Waals surface area contributed by atoms with Crippen molar-refractivity contribution in [3.8, 4) is 0 Å². The van der Waals surface area contributed by atoms with Crippen LogP contribution in [0.15, 0.2) is 11.6 Å². The van der Waals surface area contributed by atoms with E-state index in [1.807, 2.05) is 0 Å². The fourth-order valence-corrected chi connectivity index (χ4v) is 12.9. The van der Waals surface area contributed by atoms with Gasteiger partial charge >= 0.3 is 0 Å². The van der Waals surface area contributed by atoms with E-state index in [0.717, 1.165) is 38.5 Å². The van der Waals surface area contributed by atoms with Gasteiger partial charge in [-0.2, -0.15) is 0 Å². The number of methoxy groups -OCH3 is 1. The maximum absolute atomic E-state index is 12.3. The van der Waals surface area contributed by atoms with Gasteiger partial charge in [0.15, 0.2) is 6.29 Å². The van der Waals surface area contributed by atoms with Gasteiger partial charge in [-0.3, -0.25) is 0 Å². The lowest BCUT2D eigenvalue weighted by molar-refractivity contribution is -0.247. The number of allylic oxidation sites excluding steroid dienone is 1. The Balaban J connectivity index is 1.25. The molecule has 0 aromatic carbocycles. The summed E-state index contributed by atoms with van der Waals surface area (Å²) in [4.78, 5) is 0. The summed E-state index contributed by atoms with van der Waals surface area (Å²) in [6.07, 6.45) is 9.28. The summed E-state index contributed by atoms with van der Waals surface area (Å²) >= 11 is 0. The number of rotatable bonds is 8. The molecule has 0 amide bonds. The van der Waals surface area contributed by atoms with Gasteiger partial charge in [-0.05, 0) is 118 Å². The first-order chi connectivity index (χ1) is 20.1. The van der Waals surface area contributed by atoms with E-state index in [0.29, 0.717) is 30.8 Å². The molecule has 1 aliphatic heterocycles. The monoisotopic (exact) mass is 604 g/mol. The number of hydrogen-bond donors (Lipinski definition) is 4. The third-order valence-electron chi connectivity index (χ3n) is 15.1. The van der Waals surface area contributed by atoms with E-state index in [1.54, 1.807) is 7.11 Å². The molecule has 6 aliphatic rings. The van der Waals surface area contributed by atoms with Crippen LogP contribution < -0.4 is 0 Å². The molecule has 246 valence electrons. The van der Waals surface area contributed by atoms with Gasteiger partial charge in [0.2, 0.25) is 0 Å². The predicted molar refractivity (Wildman–Crippen MR) is 165 cm³/mol. The van der Waals surface area contributed by atoms with Crippen LogP contribution in [0.4, 0.5) is 0 Å². The van der Waals surface area contributed by atoms with Crippen LogP contribution in [0.2, 0.25) is 0 Å². The maximum atomic E-state index is 12.3. The molecule has 0 aromatic heterocycles. The predicted octanol–water partition coefficient (Wildman–Crippen LogP) is 5.23. The zero-order valence-electron chi connectivity index (χ0n) is 28.1. The molecule has 0 aromatic rings. The Morgan fingerprint density at radius 1 is 1.05 bits per heavy atom. The highest BCUT2D eigenvalue weighted by molar-refractivity contribution is 5.33. The molecule has 6 rings (SSSR count). The largest absolute Gasteiger partial charge is 0.393 e. The highest BCUT2D eigenvalue weighted by Crippen LogP contribution is 2.91. The molecule has 5 aliphatic carbocycles. The van der Waals surface area contributed by atoms with E-state index < -0.39 is 30.7 Å². The van der Waals surface area contributed by atoms with Crippen LogP contribution in [-0.4, -0.2) is 77.1 Å². The molecule has 7 nitrogen and oxygen atoms in total. The lowest BCUT2D eigenvalue weighted by atomic mass is 9.37. The minimum absolute atomic E-state index is 0.00272. The van der Waals surface area contributed by atoms with Gasteiger partial charge in [-0.1, -0.05) is 39.3 Å². The molecular weight excluding hydrogens is 544 g/mol. The number of fused-ring (bicyclic) bond motifs is 3. The van der Waals surface area contributed by atoms with Crippen LogP contribution in [0.5, 0.6) is 0 Å². The standard InChI is InChI=1S/C36H60O7/c1-21(2)12-16-42-28-11-13-32(5)25-10-14-35-19-36(35,34(25,7)27(38)18-26(32)31(28,3)4)15-9-23(35)22-17-24(43-30(22)41-8)29(39)33(6,40)20-37/h12,22-30,37-40H,9-11,13-20H2,1-8H3/t22-,23-,24+,25+,26-,27+,28-,29?,30+,32+,33?,34-,35+,36+/m0/s1. The summed E-state index contributed by atoms with van der Waals surface area (Å²) in [5, 5.41) is 43.5. The Morgan fingerprint density at radius 2 is 1.77 bits per heavy atom. The molecule has 2 unspecified atom stereocenters. The summed E-state index contributed by atoms with van der Waals surface area (Å²) in [6, 6.07) is 0. The van der Waals surface area contributed by atoms with Crippen molar-refractivity contribution in [1.29, 1.82) is 0 Å². The topological polar surface area (TPSA) is 109 Å². The van der Waals surface area contributed by atoms with Crippen molar-refractivity contribution in [2.75, 3.05) is 20.3 Å². The average Bonchev–Trinajstić information content (AvgIpc) is 3.27. The molecule has 6 fully saturated rings. The van der Waals surface area contributed by atoms with Crippen molar-refractivity contribution >= 4 is 0 Å². The second-order valence-corrected chi connectivity index (χ2v) is 17.3. The second kappa shape index (κ2) is 10.5. The fraction of sp³-hybridized carbons (Fsp3) is 0.944. The van der Waals surface area contributed by atoms with E-state index >= 15 is 0 Å². The van der Waals surface area contributed by atoms with Crippen LogP contribution in [0.3, 0.4) is 0 Å². The third kappa shape index (κ3) is 4.30. The number of aliphatic hydroxyl groups excluding tert-OH is 3. The van der Waals surface area contributed by atoms with Crippen LogP contribution >= 0.6 is 0 Å². The van der Waals surface area contributed by atoms with Crippen LogP contribution in [0, 0.1) is 50.7 Å². The Hall–Kier alpha value is -0.540. The van der Waals surface area contributed by atoms with Crippen molar-refractivity contribution in [3.63, 3.8) is 0 Å². The highest BCUT2D eigenvalue weighted by atomic mass is 16.7. The lowest BCUT2D eigenvalue weighted by Crippen LogP contribution is -2.66. The summed E-state index contributed by atoms with van der Waals surface area (Å²) in [7, 11) is 1.68. The number of ether oxygens (including phenoxy) is 3. The van der Waals surface area contributed by atoms with E-state index in [1.165, 1.54) is 25.3 Å². The minimum atomic E-state index is -1.62. The molecule has 7 heteroatoms. The molecule has 0 radical (unpaired) electrons. The van der Waals surface area contributed by atoms with Gasteiger partial charge < -0.3 is 34.6 Å². The van der Waals surface area contributed by atoms with Crippen molar-refractivity contribution in [3.05, 3.63) is 11.6 Å². The molecule has 1 saturated heterocycles. The van der Waals surface area contributed by atoms with E-state index in [-0.39, 0.29) is 45.2 Å². The molecule has 0 bridgehead atoms. The van der Waals surface area contributed by atoms with Gasteiger partial charge in [0.05, 0.1) is 31.5 Å². The van der Waals surface area contributed by atoms with Crippen molar-refractivity contribution in [1.82, 2.24) is 0 Å². The summed E-state index contributed by atoms with van der Waals surface area (Å²) in [6.45, 7) is 15.7. The summed E-state index contributed by atoms with van der Waals surface area (Å²) in [5.41, 5.74) is 0.0149. The van der Waals surface area contributed by atoms with Gasteiger partial charge in [0.1, 0.15) is 11.7 Å². The molecule has 5 saturated carbocycles. The normalized spacial score (nSPS) is 51.8. The van der Waals surface area contributed by atoms with Crippen LogP contribution in [0.1, 0.15) is 106 Å². The molecule has 0 spiro atoms. The van der Waals surface area contributed by atoms with E-state index in [9.17, 15) is 20.4 Å². The number of aliphatic hydroxyl groups is 4. The van der Waals surface area contributed by atoms with Crippen LogP contribution in [-0.2, 0) is 14.2 Å². The van der Waals surface area contributed by atoms with Gasteiger partial charge in [-0.15, -0.1) is 0 Å².